The molecule has 1 aliphatic rings. The monoisotopic (exact) mass is 306 g/mol. The van der Waals surface area contributed by atoms with Crippen LogP contribution in [0, 0.1) is 13.8 Å². The van der Waals surface area contributed by atoms with Crippen LogP contribution in [0.25, 0.3) is 0 Å². The third kappa shape index (κ3) is 3.40. The summed E-state index contributed by atoms with van der Waals surface area (Å²) in [7, 11) is 0. The molecule has 1 saturated heterocycles. The lowest BCUT2D eigenvalue weighted by atomic mass is 9.99. The Morgan fingerprint density at radius 1 is 1.38 bits per heavy atom. The molecule has 1 aromatic rings. The van der Waals surface area contributed by atoms with E-state index < -0.39 is 5.54 Å². The molecule has 21 heavy (non-hydrogen) atoms. The van der Waals surface area contributed by atoms with E-state index in [1.54, 1.807) is 30.5 Å². The van der Waals surface area contributed by atoms with Crippen LogP contribution in [0.15, 0.2) is 23.1 Å². The van der Waals surface area contributed by atoms with Gasteiger partial charge in [0, 0.05) is 18.0 Å². The number of benzene rings is 1. The average Bonchev–Trinajstić information content (AvgIpc) is 2.42. The van der Waals surface area contributed by atoms with Crippen molar-refractivity contribution >= 4 is 23.6 Å². The second-order valence-corrected chi connectivity index (χ2v) is 6.94. The van der Waals surface area contributed by atoms with Crippen molar-refractivity contribution in [3.63, 3.8) is 0 Å². The summed E-state index contributed by atoms with van der Waals surface area (Å²) in [4.78, 5) is 27.2. The third-order valence-corrected chi connectivity index (χ3v) is 4.99. The number of carbonyl (C=O) groups is 2. The van der Waals surface area contributed by atoms with Crippen LogP contribution in [-0.4, -0.2) is 41.1 Å². The number of rotatable bonds is 3. The van der Waals surface area contributed by atoms with Crippen molar-refractivity contribution in [2.24, 2.45) is 0 Å². The van der Waals surface area contributed by atoms with E-state index in [-0.39, 0.29) is 11.8 Å². The van der Waals surface area contributed by atoms with Gasteiger partial charge in [-0.1, -0.05) is 17.7 Å². The van der Waals surface area contributed by atoms with Crippen molar-refractivity contribution in [2.75, 3.05) is 18.8 Å². The summed E-state index contributed by atoms with van der Waals surface area (Å²) >= 11 is 1.54. The van der Waals surface area contributed by atoms with Gasteiger partial charge >= 0.3 is 0 Å². The minimum atomic E-state index is -0.766. The van der Waals surface area contributed by atoms with Crippen LogP contribution in [0.1, 0.15) is 25.0 Å². The maximum atomic E-state index is 12.5. The van der Waals surface area contributed by atoms with E-state index in [4.69, 9.17) is 0 Å². The molecule has 0 spiro atoms. The molecular formula is C16H22N2O2S. The number of piperazine rings is 1. The van der Waals surface area contributed by atoms with E-state index in [0.29, 0.717) is 18.8 Å². The summed E-state index contributed by atoms with van der Waals surface area (Å²) in [5, 5.41) is 2.81. The molecule has 2 rings (SSSR count). The predicted molar refractivity (Wildman–Crippen MR) is 85.4 cm³/mol. The largest absolute Gasteiger partial charge is 0.352 e. The van der Waals surface area contributed by atoms with Crippen LogP contribution in [0.5, 0.6) is 0 Å². The molecule has 114 valence electrons. The van der Waals surface area contributed by atoms with Crippen molar-refractivity contribution in [3.05, 3.63) is 29.3 Å². The van der Waals surface area contributed by atoms with E-state index in [1.807, 2.05) is 13.8 Å². The number of aryl methyl sites for hydroxylation is 2. The van der Waals surface area contributed by atoms with Gasteiger partial charge in [0.25, 0.3) is 0 Å². The minimum absolute atomic E-state index is 0.0146. The van der Waals surface area contributed by atoms with Crippen LogP contribution in [0.3, 0.4) is 0 Å². The van der Waals surface area contributed by atoms with Gasteiger partial charge < -0.3 is 10.2 Å². The normalized spacial score (nSPS) is 17.5. The summed E-state index contributed by atoms with van der Waals surface area (Å²) < 4.78 is 0. The Hall–Kier alpha value is -1.49. The minimum Gasteiger partial charge on any atom is -0.352 e. The highest BCUT2D eigenvalue weighted by molar-refractivity contribution is 8.00. The van der Waals surface area contributed by atoms with Gasteiger partial charge in [-0.25, -0.2) is 0 Å². The number of hydrogen-bond acceptors (Lipinski definition) is 3. The molecule has 1 aliphatic heterocycles. The molecule has 1 N–H and O–H groups in total. The highest BCUT2D eigenvalue weighted by Gasteiger charge is 2.40. The van der Waals surface area contributed by atoms with Crippen LogP contribution >= 0.6 is 11.8 Å². The average molecular weight is 306 g/mol. The maximum absolute atomic E-state index is 12.5. The third-order valence-electron chi connectivity index (χ3n) is 3.85. The van der Waals surface area contributed by atoms with Crippen molar-refractivity contribution in [1.82, 2.24) is 10.2 Å². The number of hydrogen-bond donors (Lipinski definition) is 1. The van der Waals surface area contributed by atoms with Crippen LogP contribution in [0.4, 0.5) is 0 Å². The van der Waals surface area contributed by atoms with Gasteiger partial charge in [-0.05, 0) is 39.3 Å². The Morgan fingerprint density at radius 3 is 2.81 bits per heavy atom. The molecule has 0 unspecified atom stereocenters. The molecule has 5 heteroatoms. The van der Waals surface area contributed by atoms with Crippen molar-refractivity contribution in [3.8, 4) is 0 Å². The molecule has 2 amide bonds. The first-order valence-electron chi connectivity index (χ1n) is 7.11. The van der Waals surface area contributed by atoms with Gasteiger partial charge in [0.05, 0.1) is 5.75 Å². The molecule has 0 aliphatic carbocycles. The zero-order chi connectivity index (χ0) is 15.6. The Labute approximate surface area is 130 Å². The van der Waals surface area contributed by atoms with Crippen molar-refractivity contribution in [1.29, 1.82) is 0 Å². The zero-order valence-corrected chi connectivity index (χ0v) is 13.8. The fourth-order valence-corrected chi connectivity index (χ4v) is 3.42. The Kier molecular flexibility index (Phi) is 4.61. The van der Waals surface area contributed by atoms with E-state index in [1.165, 1.54) is 11.1 Å². The predicted octanol–water partition coefficient (Wildman–Crippen LogP) is 2.13. The fraction of sp³-hybridized carbons (Fsp3) is 0.500. The maximum Gasteiger partial charge on any atom is 0.245 e. The Morgan fingerprint density at radius 2 is 2.10 bits per heavy atom. The highest BCUT2D eigenvalue weighted by Crippen LogP contribution is 2.25. The number of carbonyl (C=O) groups excluding carboxylic acids is 2. The Bertz CT molecular complexity index is 569. The molecule has 0 saturated carbocycles. The highest BCUT2D eigenvalue weighted by atomic mass is 32.2. The molecule has 1 fully saturated rings. The van der Waals surface area contributed by atoms with Gasteiger partial charge in [0.15, 0.2) is 0 Å². The van der Waals surface area contributed by atoms with Gasteiger partial charge in [-0.2, -0.15) is 0 Å². The topological polar surface area (TPSA) is 49.4 Å². The van der Waals surface area contributed by atoms with E-state index >= 15 is 0 Å². The second-order valence-electron chi connectivity index (χ2n) is 5.92. The first-order chi connectivity index (χ1) is 9.82. The number of nitrogens with one attached hydrogen (secondary N) is 1. The number of nitrogens with zero attached hydrogens (tertiary/aromatic N) is 1. The van der Waals surface area contributed by atoms with Crippen LogP contribution in [-0.2, 0) is 9.59 Å². The molecule has 1 aromatic carbocycles. The van der Waals surface area contributed by atoms with Gasteiger partial charge in [-0.3, -0.25) is 9.59 Å². The van der Waals surface area contributed by atoms with E-state index in [9.17, 15) is 9.59 Å². The van der Waals surface area contributed by atoms with E-state index in [2.05, 4.69) is 23.5 Å². The zero-order valence-electron chi connectivity index (χ0n) is 13.0. The molecule has 0 atom stereocenters. The SMILES string of the molecule is Cc1ccc(C)c(SCC(=O)N2CCNC(=O)C2(C)C)c1. The molecular weight excluding hydrogens is 284 g/mol. The molecule has 1 heterocycles. The second kappa shape index (κ2) is 6.10. The first-order valence-corrected chi connectivity index (χ1v) is 8.10. The Balaban J connectivity index is 2.04. The molecule has 0 bridgehead atoms. The molecule has 4 nitrogen and oxygen atoms in total. The van der Waals surface area contributed by atoms with Crippen molar-refractivity contribution < 1.29 is 9.59 Å². The van der Waals surface area contributed by atoms with Crippen molar-refractivity contribution in [2.45, 2.75) is 38.1 Å². The summed E-state index contributed by atoms with van der Waals surface area (Å²) in [6.07, 6.45) is 0. The van der Waals surface area contributed by atoms with Crippen LogP contribution < -0.4 is 5.32 Å². The standard InChI is InChI=1S/C16H22N2O2S/c1-11-5-6-12(2)13(9-11)21-10-14(19)18-8-7-17-15(20)16(18,3)4/h5-6,9H,7-8,10H2,1-4H3,(H,17,20). The van der Waals surface area contributed by atoms with Gasteiger partial charge in [0.2, 0.25) is 11.8 Å². The lowest BCUT2D eigenvalue weighted by Gasteiger charge is -2.41. The van der Waals surface area contributed by atoms with Crippen LogP contribution in [0.2, 0.25) is 0 Å². The quantitative estimate of drug-likeness (QED) is 0.870. The molecule has 0 aromatic heterocycles. The fourth-order valence-electron chi connectivity index (χ4n) is 2.42. The van der Waals surface area contributed by atoms with E-state index in [0.717, 1.165) is 4.90 Å². The molecule has 0 radical (unpaired) electrons. The van der Waals surface area contributed by atoms with Gasteiger partial charge in [-0.15, -0.1) is 11.8 Å². The lowest BCUT2D eigenvalue weighted by molar-refractivity contribution is -0.147. The summed E-state index contributed by atoms with van der Waals surface area (Å²) in [5.41, 5.74) is 1.60. The van der Waals surface area contributed by atoms with Gasteiger partial charge in [0.1, 0.15) is 5.54 Å². The number of amides is 2. The summed E-state index contributed by atoms with van der Waals surface area (Å²) in [6, 6.07) is 6.24. The smallest absolute Gasteiger partial charge is 0.245 e. The lowest BCUT2D eigenvalue weighted by Crippen LogP contribution is -2.63. The first kappa shape index (κ1) is 15.9. The summed E-state index contributed by atoms with van der Waals surface area (Å²) in [6.45, 7) is 8.78. The summed E-state index contributed by atoms with van der Waals surface area (Å²) in [5.74, 6) is 0.292. The number of thioether (sulfide) groups is 1.